The molecule has 1 aliphatic rings. The van der Waals surface area contributed by atoms with E-state index >= 15 is 0 Å². The molecule has 3 N–H and O–H groups in total. The number of hydrogen-bond acceptors (Lipinski definition) is 6. The second kappa shape index (κ2) is 9.26. The van der Waals surface area contributed by atoms with Gasteiger partial charge in [-0.2, -0.15) is 4.98 Å². The van der Waals surface area contributed by atoms with E-state index < -0.39 is 5.69 Å². The Balaban J connectivity index is 1.20. The molecular formula is C24H26N8O2S. The van der Waals surface area contributed by atoms with Crippen molar-refractivity contribution in [3.05, 3.63) is 75.4 Å². The number of H-pyrrole nitrogens is 1. The highest BCUT2D eigenvalue weighted by Gasteiger charge is 2.23. The summed E-state index contributed by atoms with van der Waals surface area (Å²) in [6.07, 6.45) is 0. The molecule has 35 heavy (non-hydrogen) atoms. The number of anilines is 4. The smallest absolute Gasteiger partial charge is 0.332 e. The number of piperazine rings is 1. The van der Waals surface area contributed by atoms with E-state index in [2.05, 4.69) is 30.4 Å². The van der Waals surface area contributed by atoms with Gasteiger partial charge >= 0.3 is 5.69 Å². The van der Waals surface area contributed by atoms with Crippen LogP contribution < -0.4 is 26.8 Å². The van der Waals surface area contributed by atoms with Gasteiger partial charge in [-0.05, 0) is 48.6 Å². The minimum atomic E-state index is -0.398. The first-order chi connectivity index (χ1) is 16.9. The normalized spacial score (nSPS) is 13.8. The summed E-state index contributed by atoms with van der Waals surface area (Å²) in [5.74, 6) is 0.582. The van der Waals surface area contributed by atoms with Crippen molar-refractivity contribution < 1.29 is 0 Å². The quantitative estimate of drug-likeness (QED) is 0.374. The van der Waals surface area contributed by atoms with Crippen LogP contribution in [0.5, 0.6) is 0 Å². The molecule has 4 aromatic rings. The maximum atomic E-state index is 12.4. The van der Waals surface area contributed by atoms with Gasteiger partial charge in [0.1, 0.15) is 0 Å². The Morgan fingerprint density at radius 2 is 1.51 bits per heavy atom. The second-order valence-electron chi connectivity index (χ2n) is 8.44. The lowest BCUT2D eigenvalue weighted by molar-refractivity contribution is 0.388. The zero-order valence-electron chi connectivity index (χ0n) is 19.5. The second-order valence-corrected chi connectivity index (χ2v) is 8.82. The molecule has 1 fully saturated rings. The molecule has 180 valence electrons. The lowest BCUT2D eigenvalue weighted by Gasteiger charge is -2.36. The Morgan fingerprint density at radius 3 is 2.20 bits per heavy atom. The Labute approximate surface area is 206 Å². The number of thiocarbonyl (C=S) groups is 1. The van der Waals surface area contributed by atoms with Gasteiger partial charge in [-0.25, -0.2) is 4.79 Å². The summed E-state index contributed by atoms with van der Waals surface area (Å²) >= 11 is 5.64. The minimum Gasteiger partial charge on any atom is -0.356 e. The first-order valence-electron chi connectivity index (χ1n) is 11.3. The van der Waals surface area contributed by atoms with Crippen LogP contribution in [0.3, 0.4) is 0 Å². The van der Waals surface area contributed by atoms with Crippen molar-refractivity contribution in [2.75, 3.05) is 41.7 Å². The molecule has 3 heterocycles. The predicted octanol–water partition coefficient (Wildman–Crippen LogP) is 2.22. The van der Waals surface area contributed by atoms with Crippen LogP contribution in [0.2, 0.25) is 0 Å². The topological polar surface area (TPSA) is 103 Å². The Hall–Kier alpha value is -4.12. The van der Waals surface area contributed by atoms with Crippen molar-refractivity contribution in [3.8, 4) is 0 Å². The maximum absolute atomic E-state index is 12.4. The number of hydrogen-bond donors (Lipinski definition) is 3. The number of aryl methyl sites for hydroxylation is 1. The molecule has 0 amide bonds. The SMILES string of the molecule is Cn1c(=O)c2[nH]c(N3CCN(C(=S)Nc4ccc(Nc5ccccc5)cc4)CC3)nc2n(C)c1=O. The molecule has 0 radical (unpaired) electrons. The van der Waals surface area contributed by atoms with Gasteiger partial charge < -0.3 is 25.4 Å². The van der Waals surface area contributed by atoms with Gasteiger partial charge in [0.05, 0.1) is 0 Å². The number of nitrogens with one attached hydrogen (secondary N) is 3. The highest BCUT2D eigenvalue weighted by Crippen LogP contribution is 2.20. The van der Waals surface area contributed by atoms with Crippen LogP contribution in [0.15, 0.2) is 64.2 Å². The van der Waals surface area contributed by atoms with Gasteiger partial charge in [0.25, 0.3) is 5.56 Å². The summed E-state index contributed by atoms with van der Waals surface area (Å²) in [4.78, 5) is 36.4. The largest absolute Gasteiger partial charge is 0.356 e. The molecular weight excluding hydrogens is 464 g/mol. The summed E-state index contributed by atoms with van der Waals surface area (Å²) in [5.41, 5.74) is 2.87. The van der Waals surface area contributed by atoms with Crippen molar-refractivity contribution in [2.45, 2.75) is 0 Å². The lowest BCUT2D eigenvalue weighted by Crippen LogP contribution is -2.50. The van der Waals surface area contributed by atoms with Crippen molar-refractivity contribution >= 4 is 51.5 Å². The predicted molar refractivity (Wildman–Crippen MR) is 143 cm³/mol. The van der Waals surface area contributed by atoms with Crippen LogP contribution >= 0.6 is 12.2 Å². The molecule has 0 aliphatic carbocycles. The molecule has 0 spiro atoms. The summed E-state index contributed by atoms with van der Waals surface area (Å²) < 4.78 is 2.46. The number of benzene rings is 2. The van der Waals surface area contributed by atoms with Crippen molar-refractivity contribution in [3.63, 3.8) is 0 Å². The minimum absolute atomic E-state index is 0.328. The number of fused-ring (bicyclic) bond motifs is 1. The first kappa shape index (κ1) is 22.7. The summed E-state index contributed by atoms with van der Waals surface area (Å²) in [7, 11) is 3.08. The van der Waals surface area contributed by atoms with E-state index in [0.717, 1.165) is 21.6 Å². The van der Waals surface area contributed by atoms with Gasteiger partial charge in [-0.1, -0.05) is 18.2 Å². The van der Waals surface area contributed by atoms with Crippen LogP contribution in [0.25, 0.3) is 11.2 Å². The first-order valence-corrected chi connectivity index (χ1v) is 11.7. The third-order valence-electron chi connectivity index (χ3n) is 6.15. The molecule has 0 unspecified atom stereocenters. The van der Waals surface area contributed by atoms with Crippen LogP contribution in [0.1, 0.15) is 0 Å². The molecule has 1 aliphatic heterocycles. The number of rotatable bonds is 4. The number of para-hydroxylation sites is 1. The van der Waals surface area contributed by atoms with E-state index in [1.165, 1.54) is 11.6 Å². The summed E-state index contributed by atoms with van der Waals surface area (Å²) in [5, 5.41) is 7.34. The van der Waals surface area contributed by atoms with E-state index in [4.69, 9.17) is 12.2 Å². The van der Waals surface area contributed by atoms with Gasteiger partial charge in [-0.15, -0.1) is 0 Å². The van der Waals surface area contributed by atoms with Crippen LogP contribution in [-0.4, -0.2) is 55.3 Å². The molecule has 5 rings (SSSR count). The van der Waals surface area contributed by atoms with Gasteiger partial charge in [0, 0.05) is 57.3 Å². The molecule has 0 saturated carbocycles. The molecule has 10 nitrogen and oxygen atoms in total. The fourth-order valence-corrected chi connectivity index (χ4v) is 4.41. The Bertz CT molecular complexity index is 1480. The Morgan fingerprint density at radius 1 is 0.886 bits per heavy atom. The van der Waals surface area contributed by atoms with Crippen LogP contribution in [-0.2, 0) is 14.1 Å². The van der Waals surface area contributed by atoms with E-state index in [1.807, 2.05) is 54.6 Å². The van der Waals surface area contributed by atoms with Gasteiger partial charge in [0.2, 0.25) is 5.95 Å². The van der Waals surface area contributed by atoms with Crippen molar-refractivity contribution in [1.82, 2.24) is 24.0 Å². The third-order valence-corrected chi connectivity index (χ3v) is 6.51. The summed E-state index contributed by atoms with van der Waals surface area (Å²) in [6.45, 7) is 2.76. The van der Waals surface area contributed by atoms with E-state index in [9.17, 15) is 9.59 Å². The summed E-state index contributed by atoms with van der Waals surface area (Å²) in [6, 6.07) is 18.0. The standard InChI is InChI=1S/C24H26N8O2S/c1-29-20-19(21(33)30(2)24(29)34)27-22(28-20)31-12-14-32(15-13-31)23(35)26-18-10-8-17(9-11-18)25-16-6-4-3-5-7-16/h3-11,25H,12-15H2,1-2H3,(H,26,35)(H,27,28). The molecule has 0 bridgehead atoms. The molecule has 0 atom stereocenters. The molecule has 2 aromatic heterocycles. The van der Waals surface area contributed by atoms with E-state index in [-0.39, 0.29) is 5.56 Å². The monoisotopic (exact) mass is 490 g/mol. The van der Waals surface area contributed by atoms with Crippen molar-refractivity contribution in [1.29, 1.82) is 0 Å². The van der Waals surface area contributed by atoms with E-state index in [1.54, 1.807) is 7.05 Å². The fourth-order valence-electron chi connectivity index (χ4n) is 4.11. The van der Waals surface area contributed by atoms with Gasteiger partial charge in [-0.3, -0.25) is 13.9 Å². The number of imidazole rings is 1. The molecule has 1 saturated heterocycles. The maximum Gasteiger partial charge on any atom is 0.332 e. The highest BCUT2D eigenvalue weighted by molar-refractivity contribution is 7.80. The van der Waals surface area contributed by atoms with Gasteiger partial charge in [0.15, 0.2) is 16.3 Å². The zero-order valence-corrected chi connectivity index (χ0v) is 20.3. The average Bonchev–Trinajstić information content (AvgIpc) is 3.34. The molecule has 2 aromatic carbocycles. The Kier molecular flexibility index (Phi) is 6.00. The average molecular weight is 491 g/mol. The lowest BCUT2D eigenvalue weighted by atomic mass is 10.2. The van der Waals surface area contributed by atoms with E-state index in [0.29, 0.717) is 48.4 Å². The zero-order chi connectivity index (χ0) is 24.5. The van der Waals surface area contributed by atoms with Crippen LogP contribution in [0, 0.1) is 0 Å². The number of aromatic amines is 1. The number of nitrogens with zero attached hydrogens (tertiary/aromatic N) is 5. The molecule has 11 heteroatoms. The number of aromatic nitrogens is 4. The van der Waals surface area contributed by atoms with Crippen LogP contribution in [0.4, 0.5) is 23.0 Å². The highest BCUT2D eigenvalue weighted by atomic mass is 32.1. The van der Waals surface area contributed by atoms with Crippen molar-refractivity contribution in [2.24, 2.45) is 14.1 Å². The fraction of sp³-hybridized carbons (Fsp3) is 0.250. The third kappa shape index (κ3) is 4.50.